The number of anilines is 1. The molecule has 26 heavy (non-hydrogen) atoms. The predicted molar refractivity (Wildman–Crippen MR) is 109 cm³/mol. The summed E-state index contributed by atoms with van der Waals surface area (Å²) in [6, 6.07) is 22.3. The number of benzene rings is 3. The topological polar surface area (TPSA) is 46.5 Å². The number of aromatic nitrogens is 1. The SMILES string of the molecule is COc1ccc2ccccc2c1C=NNc1nc(-c2ccccc2)cs1. The van der Waals surface area contributed by atoms with E-state index in [1.165, 1.54) is 11.3 Å². The molecule has 0 bridgehead atoms. The third-order valence-corrected chi connectivity index (χ3v) is 4.83. The molecule has 0 saturated carbocycles. The maximum absolute atomic E-state index is 5.49. The third-order valence-electron chi connectivity index (χ3n) is 4.08. The highest BCUT2D eigenvalue weighted by molar-refractivity contribution is 7.14. The first-order chi connectivity index (χ1) is 12.8. The van der Waals surface area contributed by atoms with E-state index in [2.05, 4.69) is 27.6 Å². The van der Waals surface area contributed by atoms with E-state index in [1.54, 1.807) is 13.3 Å². The van der Waals surface area contributed by atoms with Crippen molar-refractivity contribution < 1.29 is 4.74 Å². The summed E-state index contributed by atoms with van der Waals surface area (Å²) in [4.78, 5) is 4.58. The van der Waals surface area contributed by atoms with Crippen molar-refractivity contribution in [3.8, 4) is 17.0 Å². The molecular weight excluding hydrogens is 342 g/mol. The Morgan fingerprint density at radius 1 is 1.00 bits per heavy atom. The number of hydrogen-bond donors (Lipinski definition) is 1. The van der Waals surface area contributed by atoms with Gasteiger partial charge in [-0.05, 0) is 16.8 Å². The quantitative estimate of drug-likeness (QED) is 0.382. The van der Waals surface area contributed by atoms with Crippen LogP contribution in [-0.2, 0) is 0 Å². The Hall–Kier alpha value is -3.18. The van der Waals surface area contributed by atoms with E-state index in [9.17, 15) is 0 Å². The zero-order valence-electron chi connectivity index (χ0n) is 14.2. The molecule has 0 unspecified atom stereocenters. The lowest BCUT2D eigenvalue weighted by Gasteiger charge is -2.08. The molecular formula is C21H17N3OS. The van der Waals surface area contributed by atoms with Gasteiger partial charge in [0.05, 0.1) is 19.0 Å². The van der Waals surface area contributed by atoms with Crippen molar-refractivity contribution in [2.75, 3.05) is 12.5 Å². The van der Waals surface area contributed by atoms with Crippen molar-refractivity contribution in [1.82, 2.24) is 4.98 Å². The smallest absolute Gasteiger partial charge is 0.203 e. The third kappa shape index (κ3) is 3.30. The molecule has 1 heterocycles. The Morgan fingerprint density at radius 2 is 1.81 bits per heavy atom. The van der Waals surface area contributed by atoms with Crippen LogP contribution in [0.2, 0.25) is 0 Å². The van der Waals surface area contributed by atoms with Gasteiger partial charge in [-0.2, -0.15) is 5.10 Å². The van der Waals surface area contributed by atoms with Crippen LogP contribution in [0, 0.1) is 0 Å². The van der Waals surface area contributed by atoms with E-state index < -0.39 is 0 Å². The number of hydrogen-bond acceptors (Lipinski definition) is 5. The summed E-state index contributed by atoms with van der Waals surface area (Å²) in [5.74, 6) is 0.790. The first-order valence-electron chi connectivity index (χ1n) is 8.21. The number of rotatable bonds is 5. The van der Waals surface area contributed by atoms with Gasteiger partial charge >= 0.3 is 0 Å². The Bertz CT molecular complexity index is 1060. The van der Waals surface area contributed by atoms with Crippen molar-refractivity contribution in [3.05, 3.63) is 77.7 Å². The molecule has 0 amide bonds. The van der Waals surface area contributed by atoms with E-state index in [0.29, 0.717) is 0 Å². The average molecular weight is 359 g/mol. The zero-order valence-corrected chi connectivity index (χ0v) is 15.0. The van der Waals surface area contributed by atoms with Gasteiger partial charge in [0, 0.05) is 16.5 Å². The van der Waals surface area contributed by atoms with Gasteiger partial charge in [-0.1, -0.05) is 60.7 Å². The maximum Gasteiger partial charge on any atom is 0.203 e. The van der Waals surface area contributed by atoms with Crippen LogP contribution < -0.4 is 10.2 Å². The molecule has 0 saturated heterocycles. The lowest BCUT2D eigenvalue weighted by atomic mass is 10.0. The molecule has 0 aliphatic carbocycles. The average Bonchev–Trinajstić information content (AvgIpc) is 3.18. The Balaban J connectivity index is 1.58. The number of nitrogens with one attached hydrogen (secondary N) is 1. The molecule has 0 fully saturated rings. The normalized spacial score (nSPS) is 11.1. The predicted octanol–water partition coefficient (Wildman–Crippen LogP) is 5.42. The molecule has 128 valence electrons. The summed E-state index contributed by atoms with van der Waals surface area (Å²) >= 11 is 1.53. The molecule has 4 aromatic rings. The molecule has 0 aliphatic heterocycles. The van der Waals surface area contributed by atoms with Crippen LogP contribution in [0.15, 0.2) is 77.2 Å². The minimum atomic E-state index is 0.749. The van der Waals surface area contributed by atoms with Crippen molar-refractivity contribution in [3.63, 3.8) is 0 Å². The van der Waals surface area contributed by atoms with Gasteiger partial charge in [0.2, 0.25) is 5.13 Å². The number of thiazole rings is 1. The van der Waals surface area contributed by atoms with Gasteiger partial charge in [-0.15, -0.1) is 11.3 Å². The van der Waals surface area contributed by atoms with Gasteiger partial charge in [0.15, 0.2) is 0 Å². The summed E-state index contributed by atoms with van der Waals surface area (Å²) < 4.78 is 5.49. The van der Waals surface area contributed by atoms with Crippen LogP contribution in [-0.4, -0.2) is 18.3 Å². The molecule has 0 radical (unpaired) electrons. The van der Waals surface area contributed by atoms with Gasteiger partial charge in [-0.25, -0.2) is 4.98 Å². The lowest BCUT2D eigenvalue weighted by molar-refractivity contribution is 0.415. The van der Waals surface area contributed by atoms with Crippen LogP contribution in [0.4, 0.5) is 5.13 Å². The van der Waals surface area contributed by atoms with Gasteiger partial charge in [0.1, 0.15) is 5.75 Å². The second kappa shape index (κ2) is 7.37. The number of methoxy groups -OCH3 is 1. The van der Waals surface area contributed by atoms with Crippen molar-refractivity contribution in [1.29, 1.82) is 0 Å². The standard InChI is InChI=1S/C21H17N3OS/c1-25-20-12-11-15-7-5-6-10-17(15)18(20)13-22-24-21-23-19(14-26-21)16-8-3-2-4-9-16/h2-14H,1H3,(H,23,24). The fraction of sp³-hybridized carbons (Fsp3) is 0.0476. The van der Waals surface area contributed by atoms with E-state index >= 15 is 0 Å². The first kappa shape index (κ1) is 16.3. The molecule has 5 heteroatoms. The van der Waals surface area contributed by atoms with Crippen LogP contribution >= 0.6 is 11.3 Å². The number of ether oxygens (including phenoxy) is 1. The van der Waals surface area contributed by atoms with Gasteiger partial charge in [-0.3, -0.25) is 5.43 Å². The highest BCUT2D eigenvalue weighted by atomic mass is 32.1. The Labute approximate surface area is 155 Å². The highest BCUT2D eigenvalue weighted by Crippen LogP contribution is 2.27. The van der Waals surface area contributed by atoms with Crippen LogP contribution in [0.3, 0.4) is 0 Å². The monoisotopic (exact) mass is 359 g/mol. The summed E-state index contributed by atoms with van der Waals surface area (Å²) in [5.41, 5.74) is 6.00. The molecule has 0 spiro atoms. The number of hydrazone groups is 1. The molecule has 1 N–H and O–H groups in total. The van der Waals surface area contributed by atoms with Crippen molar-refractivity contribution in [2.24, 2.45) is 5.10 Å². The molecule has 3 aromatic carbocycles. The Morgan fingerprint density at radius 3 is 2.65 bits per heavy atom. The summed E-state index contributed by atoms with van der Waals surface area (Å²) in [5, 5.41) is 9.39. The first-order valence-corrected chi connectivity index (χ1v) is 9.09. The minimum Gasteiger partial charge on any atom is -0.496 e. The summed E-state index contributed by atoms with van der Waals surface area (Å²) in [7, 11) is 1.67. The summed E-state index contributed by atoms with van der Waals surface area (Å²) in [6.07, 6.45) is 1.78. The van der Waals surface area contributed by atoms with E-state index in [4.69, 9.17) is 4.74 Å². The van der Waals surface area contributed by atoms with Gasteiger partial charge in [0.25, 0.3) is 0 Å². The maximum atomic E-state index is 5.49. The fourth-order valence-corrected chi connectivity index (χ4v) is 3.47. The van der Waals surface area contributed by atoms with Gasteiger partial charge < -0.3 is 4.74 Å². The molecule has 4 nitrogen and oxygen atoms in total. The minimum absolute atomic E-state index is 0.749. The van der Waals surface area contributed by atoms with Crippen molar-refractivity contribution in [2.45, 2.75) is 0 Å². The van der Waals surface area contributed by atoms with E-state index in [-0.39, 0.29) is 0 Å². The molecule has 0 atom stereocenters. The van der Waals surface area contributed by atoms with Crippen molar-refractivity contribution >= 4 is 33.5 Å². The molecule has 4 rings (SSSR count). The van der Waals surface area contributed by atoms with Crippen LogP contribution in [0.25, 0.3) is 22.0 Å². The van der Waals surface area contributed by atoms with Crippen LogP contribution in [0.5, 0.6) is 5.75 Å². The number of nitrogens with zero attached hydrogens (tertiary/aromatic N) is 2. The van der Waals surface area contributed by atoms with Crippen LogP contribution in [0.1, 0.15) is 5.56 Å². The largest absolute Gasteiger partial charge is 0.496 e. The highest BCUT2D eigenvalue weighted by Gasteiger charge is 2.06. The second-order valence-electron chi connectivity index (χ2n) is 5.68. The molecule has 1 aromatic heterocycles. The fourth-order valence-electron chi connectivity index (χ4n) is 2.81. The molecule has 0 aliphatic rings. The lowest BCUT2D eigenvalue weighted by Crippen LogP contribution is -1.95. The summed E-state index contributed by atoms with van der Waals surface area (Å²) in [6.45, 7) is 0. The Kier molecular flexibility index (Phi) is 4.62. The zero-order chi connectivity index (χ0) is 17.8. The number of fused-ring (bicyclic) bond motifs is 1. The van der Waals surface area contributed by atoms with E-state index in [0.717, 1.165) is 38.5 Å². The second-order valence-corrected chi connectivity index (χ2v) is 6.53. The van der Waals surface area contributed by atoms with E-state index in [1.807, 2.05) is 60.0 Å².